The molecule has 1 aromatic carbocycles. The number of rotatable bonds is 14. The summed E-state index contributed by atoms with van der Waals surface area (Å²) in [5.41, 5.74) is 1.06. The van der Waals surface area contributed by atoms with Crippen LogP contribution in [0.5, 0.6) is 0 Å². The van der Waals surface area contributed by atoms with Crippen LogP contribution < -0.4 is 0 Å². The average molecular weight is 368 g/mol. The van der Waals surface area contributed by atoms with Crippen molar-refractivity contribution in [2.45, 2.75) is 90.6 Å². The molecular formula is C22H35ClFN. The molecule has 0 spiro atoms. The zero-order valence-electron chi connectivity index (χ0n) is 16.0. The number of hydrogen-bond donors (Lipinski definition) is 0. The largest absolute Gasteiger partial charge is 0.213 e. The molecule has 0 bridgehead atoms. The molecule has 0 aliphatic carbocycles. The maximum absolute atomic E-state index is 13.1. The molecule has 0 aromatic heterocycles. The van der Waals surface area contributed by atoms with Crippen LogP contribution in [0.2, 0.25) is 0 Å². The van der Waals surface area contributed by atoms with Crippen LogP contribution >= 0.6 is 11.8 Å². The normalized spacial score (nSPS) is 13.0. The SMILES string of the molecule is CCC/C=C/CCC(CCCCCCC)N(Cl)Cc1ccc(F)cc1. The Morgan fingerprint density at radius 1 is 0.920 bits per heavy atom. The summed E-state index contributed by atoms with van der Waals surface area (Å²) in [7, 11) is 0. The molecule has 1 unspecified atom stereocenters. The molecule has 0 aliphatic rings. The van der Waals surface area contributed by atoms with Gasteiger partial charge in [-0.05, 0) is 55.2 Å². The van der Waals surface area contributed by atoms with E-state index < -0.39 is 0 Å². The van der Waals surface area contributed by atoms with Crippen LogP contribution in [0.25, 0.3) is 0 Å². The summed E-state index contributed by atoms with van der Waals surface area (Å²) in [6.45, 7) is 5.11. The summed E-state index contributed by atoms with van der Waals surface area (Å²) in [6, 6.07) is 7.04. The fraction of sp³-hybridized carbons (Fsp3) is 0.636. The fourth-order valence-electron chi connectivity index (χ4n) is 2.99. The van der Waals surface area contributed by atoms with Crippen LogP contribution in [0.4, 0.5) is 4.39 Å². The molecule has 0 fully saturated rings. The van der Waals surface area contributed by atoms with E-state index in [0.29, 0.717) is 12.6 Å². The van der Waals surface area contributed by atoms with Gasteiger partial charge in [-0.1, -0.05) is 76.7 Å². The Kier molecular flexibility index (Phi) is 12.7. The number of halogens is 2. The van der Waals surface area contributed by atoms with Crippen molar-refractivity contribution in [3.63, 3.8) is 0 Å². The highest BCUT2D eigenvalue weighted by molar-refractivity contribution is 6.13. The predicted octanol–water partition coefficient (Wildman–Crippen LogP) is 7.65. The minimum Gasteiger partial charge on any atom is -0.213 e. The predicted molar refractivity (Wildman–Crippen MR) is 108 cm³/mol. The van der Waals surface area contributed by atoms with Gasteiger partial charge in [0.1, 0.15) is 5.82 Å². The molecule has 0 saturated carbocycles. The minimum absolute atomic E-state index is 0.196. The molecule has 0 amide bonds. The molecule has 25 heavy (non-hydrogen) atoms. The van der Waals surface area contributed by atoms with Gasteiger partial charge in [0.15, 0.2) is 0 Å². The number of hydrogen-bond acceptors (Lipinski definition) is 1. The Bertz CT molecular complexity index is 458. The highest BCUT2D eigenvalue weighted by Crippen LogP contribution is 2.21. The van der Waals surface area contributed by atoms with Crippen LogP contribution in [-0.2, 0) is 6.54 Å². The van der Waals surface area contributed by atoms with Crippen LogP contribution in [0.15, 0.2) is 36.4 Å². The topological polar surface area (TPSA) is 3.24 Å². The number of nitrogens with zero attached hydrogens (tertiary/aromatic N) is 1. The van der Waals surface area contributed by atoms with Gasteiger partial charge in [0.2, 0.25) is 0 Å². The molecule has 0 heterocycles. The Hall–Kier alpha value is -0.860. The summed E-state index contributed by atoms with van der Waals surface area (Å²) < 4.78 is 15.0. The van der Waals surface area contributed by atoms with E-state index in [-0.39, 0.29) is 5.82 Å². The molecule has 0 N–H and O–H groups in total. The summed E-state index contributed by atoms with van der Waals surface area (Å²) in [6.07, 6.45) is 16.6. The van der Waals surface area contributed by atoms with Gasteiger partial charge >= 0.3 is 0 Å². The first-order valence-electron chi connectivity index (χ1n) is 9.99. The van der Waals surface area contributed by atoms with Gasteiger partial charge in [-0.15, -0.1) is 0 Å². The van der Waals surface area contributed by atoms with Crippen molar-refractivity contribution in [2.24, 2.45) is 0 Å². The first-order chi connectivity index (χ1) is 12.2. The zero-order chi connectivity index (χ0) is 18.3. The summed E-state index contributed by atoms with van der Waals surface area (Å²) in [5.74, 6) is -0.196. The first kappa shape index (κ1) is 22.2. The van der Waals surface area contributed by atoms with Gasteiger partial charge in [-0.2, -0.15) is 0 Å². The van der Waals surface area contributed by atoms with Crippen LogP contribution in [0, 0.1) is 5.82 Å². The van der Waals surface area contributed by atoms with Crippen molar-refractivity contribution < 1.29 is 4.39 Å². The molecule has 1 rings (SSSR count). The van der Waals surface area contributed by atoms with Crippen molar-refractivity contribution >= 4 is 11.8 Å². The van der Waals surface area contributed by atoms with E-state index in [0.717, 1.165) is 31.2 Å². The second-order valence-corrected chi connectivity index (χ2v) is 7.31. The number of unbranched alkanes of at least 4 members (excludes halogenated alkanes) is 5. The second-order valence-electron chi connectivity index (χ2n) is 6.88. The summed E-state index contributed by atoms with van der Waals surface area (Å²) in [5, 5.41) is 0. The molecule has 1 aromatic rings. The van der Waals surface area contributed by atoms with E-state index in [1.54, 1.807) is 0 Å². The molecular weight excluding hydrogens is 333 g/mol. The molecule has 1 nitrogen and oxygen atoms in total. The number of benzene rings is 1. The summed E-state index contributed by atoms with van der Waals surface area (Å²) in [4.78, 5) is 0. The van der Waals surface area contributed by atoms with E-state index in [9.17, 15) is 4.39 Å². The molecule has 142 valence electrons. The van der Waals surface area contributed by atoms with Crippen molar-refractivity contribution in [1.29, 1.82) is 0 Å². The lowest BCUT2D eigenvalue weighted by atomic mass is 10.0. The Morgan fingerprint density at radius 3 is 2.28 bits per heavy atom. The number of allylic oxidation sites excluding steroid dienone is 2. The lowest BCUT2D eigenvalue weighted by Gasteiger charge is -2.25. The lowest BCUT2D eigenvalue weighted by molar-refractivity contribution is 0.291. The van der Waals surface area contributed by atoms with Crippen molar-refractivity contribution in [3.8, 4) is 0 Å². The third kappa shape index (κ3) is 10.7. The second kappa shape index (κ2) is 14.3. The highest BCUT2D eigenvalue weighted by Gasteiger charge is 2.16. The van der Waals surface area contributed by atoms with Gasteiger partial charge in [0.25, 0.3) is 0 Å². The van der Waals surface area contributed by atoms with Crippen LogP contribution in [0.3, 0.4) is 0 Å². The van der Waals surface area contributed by atoms with E-state index in [4.69, 9.17) is 11.8 Å². The zero-order valence-corrected chi connectivity index (χ0v) is 16.8. The average Bonchev–Trinajstić information content (AvgIpc) is 2.61. The molecule has 0 radical (unpaired) electrons. The Labute approximate surface area is 159 Å². The van der Waals surface area contributed by atoms with E-state index in [1.165, 1.54) is 50.7 Å². The minimum atomic E-state index is -0.196. The third-order valence-corrected chi connectivity index (χ3v) is 4.97. The standard InChI is InChI=1S/C22H35ClFN/c1-3-5-7-9-11-13-22(14-12-10-8-6-4-2)25(23)19-20-15-17-21(24)18-16-20/h7,9,15-18,22H,3-6,8,10-14,19H2,1-2H3/b9-7+. The van der Waals surface area contributed by atoms with E-state index in [1.807, 2.05) is 16.6 Å². The maximum Gasteiger partial charge on any atom is 0.123 e. The van der Waals surface area contributed by atoms with E-state index in [2.05, 4.69) is 26.0 Å². The molecule has 1 atom stereocenters. The van der Waals surface area contributed by atoms with Gasteiger partial charge in [-0.25, -0.2) is 8.81 Å². The Balaban J connectivity index is 2.49. The van der Waals surface area contributed by atoms with Gasteiger partial charge in [-0.3, -0.25) is 0 Å². The first-order valence-corrected chi connectivity index (χ1v) is 10.3. The van der Waals surface area contributed by atoms with Crippen LogP contribution in [0.1, 0.15) is 83.6 Å². The highest BCUT2D eigenvalue weighted by atomic mass is 35.5. The maximum atomic E-state index is 13.1. The van der Waals surface area contributed by atoms with Gasteiger partial charge in [0, 0.05) is 12.6 Å². The fourth-order valence-corrected chi connectivity index (χ4v) is 3.33. The monoisotopic (exact) mass is 367 g/mol. The molecule has 0 saturated heterocycles. The smallest absolute Gasteiger partial charge is 0.123 e. The van der Waals surface area contributed by atoms with Crippen molar-refractivity contribution in [2.75, 3.05) is 0 Å². The lowest BCUT2D eigenvalue weighted by Crippen LogP contribution is -2.26. The van der Waals surface area contributed by atoms with Crippen LogP contribution in [-0.4, -0.2) is 10.5 Å². The quantitative estimate of drug-likeness (QED) is 0.185. The van der Waals surface area contributed by atoms with Gasteiger partial charge < -0.3 is 0 Å². The van der Waals surface area contributed by atoms with Crippen molar-refractivity contribution in [3.05, 3.63) is 47.8 Å². The van der Waals surface area contributed by atoms with Gasteiger partial charge in [0.05, 0.1) is 0 Å². The van der Waals surface area contributed by atoms with E-state index >= 15 is 0 Å². The Morgan fingerprint density at radius 2 is 1.60 bits per heavy atom. The van der Waals surface area contributed by atoms with Crippen molar-refractivity contribution in [1.82, 2.24) is 4.42 Å². The molecule has 0 aliphatic heterocycles. The molecule has 3 heteroatoms. The third-order valence-electron chi connectivity index (χ3n) is 4.57. The summed E-state index contributed by atoms with van der Waals surface area (Å²) >= 11 is 6.62.